The molecule has 7 heteroatoms. The number of aromatic nitrogens is 1. The molecule has 3 rings (SSSR count). The van der Waals surface area contributed by atoms with Gasteiger partial charge in [0.1, 0.15) is 6.61 Å². The van der Waals surface area contributed by atoms with Gasteiger partial charge in [-0.3, -0.25) is 5.32 Å². The number of nitrogens with one attached hydrogen (secondary N) is 1. The first kappa shape index (κ1) is 19.2. The van der Waals surface area contributed by atoms with Crippen LogP contribution >= 0.6 is 11.6 Å². The van der Waals surface area contributed by atoms with Crippen LogP contribution in [-0.2, 0) is 11.3 Å². The third-order valence-corrected chi connectivity index (χ3v) is 4.28. The predicted molar refractivity (Wildman–Crippen MR) is 105 cm³/mol. The average molecular weight is 388 g/mol. The minimum absolute atomic E-state index is 0.257. The maximum atomic E-state index is 12.5. The number of urea groups is 1. The molecule has 0 radical (unpaired) electrons. The number of amides is 2. The number of pyridine rings is 1. The zero-order chi connectivity index (χ0) is 19.1. The lowest BCUT2D eigenvalue weighted by Crippen LogP contribution is -2.34. The highest BCUT2D eigenvalue weighted by Gasteiger charge is 2.15. The zero-order valence-electron chi connectivity index (χ0n) is 15.2. The maximum Gasteiger partial charge on any atom is 0.323 e. The van der Waals surface area contributed by atoms with Crippen LogP contribution in [0.15, 0.2) is 54.2 Å². The van der Waals surface area contributed by atoms with Crippen molar-refractivity contribution in [2.24, 2.45) is 0 Å². The normalized spacial score (nSPS) is 13.6. The van der Waals surface area contributed by atoms with Gasteiger partial charge in [0.15, 0.2) is 11.6 Å². The van der Waals surface area contributed by atoms with Crippen molar-refractivity contribution < 1.29 is 14.3 Å². The number of carbonyl (C=O) groups excluding carboxylic acids is 1. The number of hydrogen-bond acceptors (Lipinski definition) is 4. The van der Waals surface area contributed by atoms with Gasteiger partial charge in [0.25, 0.3) is 0 Å². The largest absolute Gasteiger partial charge is 0.485 e. The Balaban J connectivity index is 1.61. The summed E-state index contributed by atoms with van der Waals surface area (Å²) in [6.45, 7) is 2.14. The Morgan fingerprint density at radius 1 is 1.37 bits per heavy atom. The minimum atomic E-state index is -0.257. The fourth-order valence-electron chi connectivity index (χ4n) is 2.68. The molecule has 6 nitrogen and oxygen atoms in total. The van der Waals surface area contributed by atoms with Gasteiger partial charge in [-0.2, -0.15) is 0 Å². The van der Waals surface area contributed by atoms with E-state index in [0.29, 0.717) is 36.3 Å². The Morgan fingerprint density at radius 2 is 2.26 bits per heavy atom. The lowest BCUT2D eigenvalue weighted by Gasteiger charge is -2.22. The first-order valence-electron chi connectivity index (χ1n) is 8.72. The van der Waals surface area contributed by atoms with Crippen molar-refractivity contribution in [2.45, 2.75) is 13.0 Å². The fraction of sp³-hybridized carbons (Fsp3) is 0.300. The van der Waals surface area contributed by atoms with Gasteiger partial charge in [-0.1, -0.05) is 29.8 Å². The summed E-state index contributed by atoms with van der Waals surface area (Å²) < 4.78 is 11.2. The zero-order valence-corrected chi connectivity index (χ0v) is 15.9. The van der Waals surface area contributed by atoms with E-state index in [1.807, 2.05) is 24.3 Å². The number of ether oxygens (including phenoxy) is 2. The maximum absolute atomic E-state index is 12.5. The molecular weight excluding hydrogens is 366 g/mol. The van der Waals surface area contributed by atoms with Crippen molar-refractivity contribution in [2.75, 3.05) is 32.1 Å². The summed E-state index contributed by atoms with van der Waals surface area (Å²) in [4.78, 5) is 18.3. The van der Waals surface area contributed by atoms with E-state index in [9.17, 15) is 4.79 Å². The third kappa shape index (κ3) is 5.70. The molecule has 27 heavy (non-hydrogen) atoms. The Hall–Kier alpha value is -2.57. The van der Waals surface area contributed by atoms with Crippen molar-refractivity contribution >= 4 is 23.4 Å². The summed E-state index contributed by atoms with van der Waals surface area (Å²) in [6.07, 6.45) is 4.61. The molecule has 0 atom stereocenters. The molecule has 0 spiro atoms. The van der Waals surface area contributed by atoms with Crippen LogP contribution in [0, 0.1) is 0 Å². The molecule has 1 N–H and O–H groups in total. The van der Waals surface area contributed by atoms with Crippen molar-refractivity contribution in [3.63, 3.8) is 0 Å². The van der Waals surface area contributed by atoms with E-state index in [-0.39, 0.29) is 6.03 Å². The summed E-state index contributed by atoms with van der Waals surface area (Å²) in [6, 6.07) is 10.7. The molecule has 0 saturated heterocycles. The number of nitrogens with zero attached hydrogens (tertiary/aromatic N) is 2. The number of benzene rings is 1. The molecule has 142 valence electrons. The van der Waals surface area contributed by atoms with Crippen LogP contribution in [0.25, 0.3) is 0 Å². The summed E-state index contributed by atoms with van der Waals surface area (Å²) >= 11 is 6.00. The molecule has 1 aromatic heterocycles. The van der Waals surface area contributed by atoms with Crippen LogP contribution in [0.3, 0.4) is 0 Å². The van der Waals surface area contributed by atoms with Crippen LogP contribution in [0.2, 0.25) is 5.02 Å². The molecule has 0 unspecified atom stereocenters. The fourth-order valence-corrected chi connectivity index (χ4v) is 2.89. The number of halogens is 1. The van der Waals surface area contributed by atoms with Crippen molar-refractivity contribution in [3.8, 4) is 5.75 Å². The van der Waals surface area contributed by atoms with Gasteiger partial charge >= 0.3 is 6.03 Å². The van der Waals surface area contributed by atoms with E-state index in [1.54, 1.807) is 30.3 Å². The predicted octanol–water partition coefficient (Wildman–Crippen LogP) is 4.12. The van der Waals surface area contributed by atoms with E-state index in [0.717, 1.165) is 24.2 Å². The molecule has 2 amide bonds. The van der Waals surface area contributed by atoms with Crippen molar-refractivity contribution in [3.05, 3.63) is 64.8 Å². The molecule has 0 saturated carbocycles. The van der Waals surface area contributed by atoms with Gasteiger partial charge in [-0.05, 0) is 41.8 Å². The Bertz CT molecular complexity index is 826. The molecule has 1 aromatic carbocycles. The van der Waals surface area contributed by atoms with Gasteiger partial charge in [0.05, 0.1) is 13.2 Å². The van der Waals surface area contributed by atoms with E-state index in [4.69, 9.17) is 21.1 Å². The topological polar surface area (TPSA) is 63.7 Å². The number of carbonyl (C=O) groups is 1. The van der Waals surface area contributed by atoms with Crippen LogP contribution in [0.4, 0.5) is 10.6 Å². The second-order valence-electron chi connectivity index (χ2n) is 6.26. The number of hydrogen-bond donors (Lipinski definition) is 1. The molecular formula is C20H22ClN3O3. The highest BCUT2D eigenvalue weighted by molar-refractivity contribution is 6.30. The SMILES string of the molecule is CN(CC1=CCCOC1)C(=O)Nc1ncccc1OCc1cccc(Cl)c1. The lowest BCUT2D eigenvalue weighted by molar-refractivity contribution is 0.145. The second-order valence-corrected chi connectivity index (χ2v) is 6.70. The molecule has 1 aliphatic heterocycles. The highest BCUT2D eigenvalue weighted by atomic mass is 35.5. The Labute approximate surface area is 163 Å². The van der Waals surface area contributed by atoms with Crippen LogP contribution in [-0.4, -0.2) is 42.7 Å². The van der Waals surface area contributed by atoms with Crippen LogP contribution < -0.4 is 10.1 Å². The Morgan fingerprint density at radius 3 is 3.04 bits per heavy atom. The molecule has 1 aliphatic rings. The molecule has 2 aromatic rings. The van der Waals surface area contributed by atoms with Gasteiger partial charge in [0.2, 0.25) is 0 Å². The van der Waals surface area contributed by atoms with Crippen LogP contribution in [0.1, 0.15) is 12.0 Å². The monoisotopic (exact) mass is 387 g/mol. The average Bonchev–Trinajstić information content (AvgIpc) is 2.68. The summed E-state index contributed by atoms with van der Waals surface area (Å²) in [5, 5.41) is 3.46. The molecule has 2 heterocycles. The number of rotatable bonds is 6. The highest BCUT2D eigenvalue weighted by Crippen LogP contribution is 2.23. The first-order valence-corrected chi connectivity index (χ1v) is 9.09. The van der Waals surface area contributed by atoms with E-state index in [1.165, 1.54) is 0 Å². The standard InChI is InChI=1S/C20H22ClN3O3/c1-24(12-16-6-4-10-26-13-16)20(25)23-19-18(8-3-9-22-19)27-14-15-5-2-7-17(21)11-15/h2-3,5-9,11H,4,10,12-14H2,1H3,(H,22,23,25). The van der Waals surface area contributed by atoms with Gasteiger partial charge in [-0.25, -0.2) is 9.78 Å². The number of likely N-dealkylation sites (N-methyl/N-ethyl adjacent to an activating group) is 1. The molecule has 0 bridgehead atoms. The smallest absolute Gasteiger partial charge is 0.323 e. The number of anilines is 1. The van der Waals surface area contributed by atoms with Crippen LogP contribution in [0.5, 0.6) is 5.75 Å². The van der Waals surface area contributed by atoms with Gasteiger partial charge in [0, 0.05) is 24.8 Å². The summed E-state index contributed by atoms with van der Waals surface area (Å²) in [5.41, 5.74) is 2.03. The van der Waals surface area contributed by atoms with E-state index < -0.39 is 0 Å². The third-order valence-electron chi connectivity index (χ3n) is 4.05. The molecule has 0 aliphatic carbocycles. The lowest BCUT2D eigenvalue weighted by atomic mass is 10.2. The van der Waals surface area contributed by atoms with E-state index in [2.05, 4.69) is 16.4 Å². The quantitative estimate of drug-likeness (QED) is 0.757. The molecule has 0 fully saturated rings. The summed E-state index contributed by atoms with van der Waals surface area (Å²) in [5.74, 6) is 0.879. The van der Waals surface area contributed by atoms with Crippen molar-refractivity contribution in [1.82, 2.24) is 9.88 Å². The summed E-state index contributed by atoms with van der Waals surface area (Å²) in [7, 11) is 1.74. The van der Waals surface area contributed by atoms with Gasteiger partial charge < -0.3 is 14.4 Å². The van der Waals surface area contributed by atoms with E-state index >= 15 is 0 Å². The Kier molecular flexibility index (Phi) is 6.68. The minimum Gasteiger partial charge on any atom is -0.485 e. The second kappa shape index (κ2) is 9.39. The van der Waals surface area contributed by atoms with Gasteiger partial charge in [-0.15, -0.1) is 0 Å². The first-order chi connectivity index (χ1) is 13.1. The van der Waals surface area contributed by atoms with Crippen molar-refractivity contribution in [1.29, 1.82) is 0 Å².